The smallest absolute Gasteiger partial charge is 0.251 e. The molecule has 0 saturated carbocycles. The highest BCUT2D eigenvalue weighted by Crippen LogP contribution is 2.28. The Morgan fingerprint density at radius 3 is 3.00 bits per heavy atom. The fraction of sp³-hybridized carbons (Fsp3) is 0.200. The van der Waals surface area contributed by atoms with Gasteiger partial charge in [0, 0.05) is 12.6 Å². The van der Waals surface area contributed by atoms with Crippen molar-refractivity contribution >= 4 is 27.3 Å². The Labute approximate surface area is 105 Å². The summed E-state index contributed by atoms with van der Waals surface area (Å²) in [5.74, 6) is 0.619. The molecule has 2 aromatic heterocycles. The third-order valence-corrected chi connectivity index (χ3v) is 3.59. The van der Waals surface area contributed by atoms with Crippen LogP contribution >= 0.6 is 27.3 Å². The summed E-state index contributed by atoms with van der Waals surface area (Å²) < 4.78 is 1.02. The molecule has 2 heterocycles. The molecule has 2 N–H and O–H groups in total. The standard InChI is InChI=1S/C10H10BrN3OS/c1-12-5-6-4-9(15)14-10(13-6)7-2-3-8(11)16-7/h2-4,12H,5H2,1H3,(H,13,14,15). The average molecular weight is 300 g/mol. The fourth-order valence-corrected chi connectivity index (χ4v) is 2.67. The van der Waals surface area contributed by atoms with Crippen LogP contribution in [0.1, 0.15) is 5.69 Å². The molecule has 2 rings (SSSR count). The molecule has 0 amide bonds. The van der Waals surface area contributed by atoms with E-state index in [-0.39, 0.29) is 5.56 Å². The zero-order chi connectivity index (χ0) is 11.5. The summed E-state index contributed by atoms with van der Waals surface area (Å²) >= 11 is 4.92. The minimum Gasteiger partial charge on any atom is -0.314 e. The average Bonchev–Trinajstić information content (AvgIpc) is 2.64. The molecule has 0 radical (unpaired) electrons. The predicted octanol–water partition coefficient (Wildman–Crippen LogP) is 1.98. The van der Waals surface area contributed by atoms with Gasteiger partial charge in [-0.1, -0.05) is 0 Å². The molecular weight excluding hydrogens is 290 g/mol. The second-order valence-electron chi connectivity index (χ2n) is 3.22. The Morgan fingerprint density at radius 1 is 1.56 bits per heavy atom. The highest BCUT2D eigenvalue weighted by atomic mass is 79.9. The van der Waals surface area contributed by atoms with Crippen molar-refractivity contribution in [1.29, 1.82) is 0 Å². The molecule has 6 heteroatoms. The molecule has 0 bridgehead atoms. The number of aromatic nitrogens is 2. The van der Waals surface area contributed by atoms with Crippen LogP contribution in [0.25, 0.3) is 10.7 Å². The first-order chi connectivity index (χ1) is 7.69. The van der Waals surface area contributed by atoms with Gasteiger partial charge >= 0.3 is 0 Å². The number of thiophene rings is 1. The van der Waals surface area contributed by atoms with Gasteiger partial charge in [0.25, 0.3) is 5.56 Å². The van der Waals surface area contributed by atoms with Crippen LogP contribution in [-0.4, -0.2) is 17.0 Å². The van der Waals surface area contributed by atoms with Gasteiger partial charge in [-0.2, -0.15) is 0 Å². The summed E-state index contributed by atoms with van der Waals surface area (Å²) in [7, 11) is 1.82. The molecule has 4 nitrogen and oxygen atoms in total. The Balaban J connectivity index is 2.44. The van der Waals surface area contributed by atoms with E-state index in [1.54, 1.807) is 0 Å². The van der Waals surface area contributed by atoms with Gasteiger partial charge in [0.15, 0.2) is 5.82 Å². The molecule has 0 spiro atoms. The van der Waals surface area contributed by atoms with Crippen LogP contribution in [0.3, 0.4) is 0 Å². The van der Waals surface area contributed by atoms with Gasteiger partial charge in [-0.15, -0.1) is 11.3 Å². The first-order valence-electron chi connectivity index (χ1n) is 4.69. The normalized spacial score (nSPS) is 10.6. The molecule has 2 aromatic rings. The van der Waals surface area contributed by atoms with Gasteiger partial charge in [-0.3, -0.25) is 4.79 Å². The first kappa shape index (κ1) is 11.5. The Kier molecular flexibility index (Phi) is 3.52. The number of aromatic amines is 1. The van der Waals surface area contributed by atoms with E-state index < -0.39 is 0 Å². The number of hydrogen-bond donors (Lipinski definition) is 2. The SMILES string of the molecule is CNCc1cc(=O)[nH]c(-c2ccc(Br)s2)n1. The van der Waals surface area contributed by atoms with Crippen molar-refractivity contribution in [2.45, 2.75) is 6.54 Å². The van der Waals surface area contributed by atoms with Gasteiger partial charge in [-0.05, 0) is 35.1 Å². The van der Waals surface area contributed by atoms with E-state index in [4.69, 9.17) is 0 Å². The summed E-state index contributed by atoms with van der Waals surface area (Å²) in [4.78, 5) is 19.5. The van der Waals surface area contributed by atoms with Gasteiger partial charge in [0.1, 0.15) is 0 Å². The molecule has 0 aliphatic rings. The highest BCUT2D eigenvalue weighted by Gasteiger charge is 2.06. The van der Waals surface area contributed by atoms with Crippen LogP contribution in [-0.2, 0) is 6.54 Å². The van der Waals surface area contributed by atoms with Crippen molar-refractivity contribution in [3.63, 3.8) is 0 Å². The predicted molar refractivity (Wildman–Crippen MR) is 68.6 cm³/mol. The fourth-order valence-electron chi connectivity index (χ4n) is 1.34. The number of nitrogens with zero attached hydrogens (tertiary/aromatic N) is 1. The van der Waals surface area contributed by atoms with E-state index in [0.717, 1.165) is 14.4 Å². The molecular formula is C10H10BrN3OS. The maximum Gasteiger partial charge on any atom is 0.251 e. The lowest BCUT2D eigenvalue weighted by atomic mass is 10.3. The van der Waals surface area contributed by atoms with Crippen molar-refractivity contribution < 1.29 is 0 Å². The molecule has 0 saturated heterocycles. The van der Waals surface area contributed by atoms with E-state index in [2.05, 4.69) is 31.2 Å². The molecule has 0 unspecified atom stereocenters. The van der Waals surface area contributed by atoms with Gasteiger partial charge in [0.2, 0.25) is 0 Å². The van der Waals surface area contributed by atoms with Gasteiger partial charge < -0.3 is 10.3 Å². The van der Waals surface area contributed by atoms with Crippen LogP contribution in [0.5, 0.6) is 0 Å². The number of rotatable bonds is 3. The van der Waals surface area contributed by atoms with Crippen LogP contribution in [0.2, 0.25) is 0 Å². The monoisotopic (exact) mass is 299 g/mol. The minimum absolute atomic E-state index is 0.125. The van der Waals surface area contributed by atoms with E-state index in [0.29, 0.717) is 12.4 Å². The van der Waals surface area contributed by atoms with Crippen LogP contribution in [0.15, 0.2) is 26.8 Å². The lowest BCUT2D eigenvalue weighted by molar-refractivity contribution is 0.785. The molecule has 0 atom stereocenters. The maximum absolute atomic E-state index is 11.4. The van der Waals surface area contributed by atoms with E-state index >= 15 is 0 Å². The van der Waals surface area contributed by atoms with Crippen LogP contribution in [0.4, 0.5) is 0 Å². The van der Waals surface area contributed by atoms with Crippen molar-refractivity contribution in [2.75, 3.05) is 7.05 Å². The molecule has 0 fully saturated rings. The topological polar surface area (TPSA) is 57.8 Å². The second-order valence-corrected chi connectivity index (χ2v) is 5.68. The van der Waals surface area contributed by atoms with E-state index in [1.807, 2.05) is 19.2 Å². The third-order valence-electron chi connectivity index (χ3n) is 1.96. The molecule has 0 aliphatic carbocycles. The molecule has 16 heavy (non-hydrogen) atoms. The molecule has 0 aliphatic heterocycles. The lowest BCUT2D eigenvalue weighted by Crippen LogP contribution is -2.14. The van der Waals surface area contributed by atoms with E-state index in [9.17, 15) is 4.79 Å². The van der Waals surface area contributed by atoms with Gasteiger partial charge in [0.05, 0.1) is 14.4 Å². The number of halogens is 1. The molecule has 84 valence electrons. The van der Waals surface area contributed by atoms with E-state index in [1.165, 1.54) is 17.4 Å². The van der Waals surface area contributed by atoms with Crippen molar-refractivity contribution in [3.8, 4) is 10.7 Å². The Morgan fingerprint density at radius 2 is 2.38 bits per heavy atom. The summed E-state index contributed by atoms with van der Waals surface area (Å²) in [5.41, 5.74) is 0.616. The first-order valence-corrected chi connectivity index (χ1v) is 6.30. The van der Waals surface area contributed by atoms with Crippen molar-refractivity contribution in [2.24, 2.45) is 0 Å². The Hall–Kier alpha value is -0.980. The maximum atomic E-state index is 11.4. The number of H-pyrrole nitrogens is 1. The van der Waals surface area contributed by atoms with Crippen molar-refractivity contribution in [1.82, 2.24) is 15.3 Å². The summed E-state index contributed by atoms with van der Waals surface area (Å²) in [6.07, 6.45) is 0. The number of hydrogen-bond acceptors (Lipinski definition) is 4. The summed E-state index contributed by atoms with van der Waals surface area (Å²) in [5, 5.41) is 2.97. The molecule has 0 aromatic carbocycles. The second kappa shape index (κ2) is 4.90. The quantitative estimate of drug-likeness (QED) is 0.911. The third kappa shape index (κ3) is 2.58. The zero-order valence-corrected chi connectivity index (χ0v) is 11.0. The zero-order valence-electron chi connectivity index (χ0n) is 8.58. The Bertz CT molecular complexity index is 549. The minimum atomic E-state index is -0.125. The van der Waals surface area contributed by atoms with Crippen LogP contribution in [0, 0.1) is 0 Å². The highest BCUT2D eigenvalue weighted by molar-refractivity contribution is 9.11. The summed E-state index contributed by atoms with van der Waals surface area (Å²) in [6.45, 7) is 0.587. The summed E-state index contributed by atoms with van der Waals surface area (Å²) in [6, 6.07) is 5.36. The number of nitrogens with one attached hydrogen (secondary N) is 2. The van der Waals surface area contributed by atoms with Gasteiger partial charge in [-0.25, -0.2) is 4.98 Å². The lowest BCUT2D eigenvalue weighted by Gasteiger charge is -2.01. The van der Waals surface area contributed by atoms with Crippen molar-refractivity contribution in [3.05, 3.63) is 38.0 Å². The van der Waals surface area contributed by atoms with Crippen LogP contribution < -0.4 is 10.9 Å². The largest absolute Gasteiger partial charge is 0.314 e.